The van der Waals surface area contributed by atoms with E-state index in [1.54, 1.807) is 6.92 Å². The Labute approximate surface area is 200 Å². The zero-order chi connectivity index (χ0) is 24.8. The molecular formula is C23H30ClN3O5S. The van der Waals surface area contributed by atoms with Gasteiger partial charge < -0.3 is 15.0 Å². The average Bonchev–Trinajstić information content (AvgIpc) is 2.76. The van der Waals surface area contributed by atoms with Crippen molar-refractivity contribution < 1.29 is 22.7 Å². The quantitative estimate of drug-likeness (QED) is 0.546. The van der Waals surface area contributed by atoms with E-state index in [0.29, 0.717) is 12.2 Å². The number of carbonyl (C=O) groups excluding carboxylic acids is 2. The molecule has 0 saturated heterocycles. The zero-order valence-electron chi connectivity index (χ0n) is 19.5. The van der Waals surface area contributed by atoms with Gasteiger partial charge in [-0.3, -0.25) is 13.9 Å². The molecule has 2 aromatic rings. The van der Waals surface area contributed by atoms with Gasteiger partial charge in [0.2, 0.25) is 21.8 Å². The molecule has 0 aliphatic carbocycles. The van der Waals surface area contributed by atoms with Crippen molar-refractivity contribution in [3.8, 4) is 5.75 Å². The number of nitrogens with zero attached hydrogens (tertiary/aromatic N) is 2. The number of amides is 2. The molecular weight excluding hydrogens is 466 g/mol. The van der Waals surface area contributed by atoms with Crippen LogP contribution in [0, 0.1) is 6.92 Å². The molecule has 0 aliphatic rings. The number of carbonyl (C=O) groups is 2. The number of nitrogens with one attached hydrogen (secondary N) is 1. The standard InChI is InChI=1S/C23H30ClN3O5S/c1-6-20(23(29)25-3)26(14-17-9-7-8-16(2)12-17)22(28)15-27(33(5,30)31)18-10-11-21(32-4)19(24)13-18/h7-13,20H,6,14-15H2,1-5H3,(H,25,29)/t20-/m1/s1. The molecule has 0 unspecified atom stereocenters. The Hall–Kier alpha value is -2.78. The summed E-state index contributed by atoms with van der Waals surface area (Å²) in [5.74, 6) is -0.451. The summed E-state index contributed by atoms with van der Waals surface area (Å²) in [6.45, 7) is 3.41. The molecule has 0 radical (unpaired) electrons. The summed E-state index contributed by atoms with van der Waals surface area (Å²) in [6.07, 6.45) is 1.38. The second-order valence-electron chi connectivity index (χ2n) is 7.64. The molecule has 8 nitrogen and oxygen atoms in total. The smallest absolute Gasteiger partial charge is 0.244 e. The first-order chi connectivity index (χ1) is 15.5. The number of anilines is 1. The molecule has 2 rings (SSSR count). The van der Waals surface area contributed by atoms with Crippen LogP contribution in [0.1, 0.15) is 24.5 Å². The van der Waals surface area contributed by atoms with Crippen LogP contribution in [-0.2, 0) is 26.2 Å². The maximum Gasteiger partial charge on any atom is 0.244 e. The number of hydrogen-bond donors (Lipinski definition) is 1. The molecule has 2 aromatic carbocycles. The molecule has 0 spiro atoms. The molecule has 0 bridgehead atoms. The van der Waals surface area contributed by atoms with Crippen LogP contribution in [0.5, 0.6) is 5.75 Å². The maximum absolute atomic E-state index is 13.5. The van der Waals surface area contributed by atoms with Crippen LogP contribution in [0.2, 0.25) is 5.02 Å². The molecule has 0 aliphatic heterocycles. The van der Waals surface area contributed by atoms with E-state index in [-0.39, 0.29) is 23.2 Å². The molecule has 0 fully saturated rings. The van der Waals surface area contributed by atoms with Crippen molar-refractivity contribution in [3.05, 3.63) is 58.6 Å². The topological polar surface area (TPSA) is 96.0 Å². The Bertz CT molecular complexity index is 1110. The van der Waals surface area contributed by atoms with E-state index in [1.165, 1.54) is 37.3 Å². The van der Waals surface area contributed by atoms with Gasteiger partial charge in [-0.15, -0.1) is 0 Å². The van der Waals surface area contributed by atoms with Crippen LogP contribution in [0.3, 0.4) is 0 Å². The number of sulfonamides is 1. The van der Waals surface area contributed by atoms with E-state index in [0.717, 1.165) is 21.7 Å². The van der Waals surface area contributed by atoms with E-state index < -0.39 is 28.5 Å². The third-order valence-electron chi connectivity index (χ3n) is 5.17. The third-order valence-corrected chi connectivity index (χ3v) is 6.61. The first-order valence-corrected chi connectivity index (χ1v) is 12.6. The minimum Gasteiger partial charge on any atom is -0.495 e. The summed E-state index contributed by atoms with van der Waals surface area (Å²) in [5, 5.41) is 2.80. The number of rotatable bonds is 10. The van der Waals surface area contributed by atoms with Crippen LogP contribution in [0.4, 0.5) is 5.69 Å². The fraction of sp³-hybridized carbons (Fsp3) is 0.391. The van der Waals surface area contributed by atoms with Gasteiger partial charge in [-0.05, 0) is 37.1 Å². The maximum atomic E-state index is 13.5. The average molecular weight is 496 g/mol. The zero-order valence-corrected chi connectivity index (χ0v) is 21.0. The van der Waals surface area contributed by atoms with Crippen LogP contribution in [0.15, 0.2) is 42.5 Å². The van der Waals surface area contributed by atoms with E-state index >= 15 is 0 Å². The molecule has 180 valence electrons. The highest BCUT2D eigenvalue weighted by atomic mass is 35.5. The lowest BCUT2D eigenvalue weighted by atomic mass is 10.1. The molecule has 0 saturated carbocycles. The van der Waals surface area contributed by atoms with Gasteiger partial charge >= 0.3 is 0 Å². The molecule has 10 heteroatoms. The van der Waals surface area contributed by atoms with Gasteiger partial charge in [0.05, 0.1) is 24.1 Å². The molecule has 0 aromatic heterocycles. The molecule has 1 N–H and O–H groups in total. The number of halogens is 1. The van der Waals surface area contributed by atoms with Crippen molar-refractivity contribution in [1.82, 2.24) is 10.2 Å². The lowest BCUT2D eigenvalue weighted by molar-refractivity contribution is -0.140. The molecule has 0 heterocycles. The van der Waals surface area contributed by atoms with Gasteiger partial charge in [-0.25, -0.2) is 8.42 Å². The van der Waals surface area contributed by atoms with Gasteiger partial charge in [0.25, 0.3) is 0 Å². The number of methoxy groups -OCH3 is 1. The Balaban J connectivity index is 2.45. The number of ether oxygens (including phenoxy) is 1. The molecule has 2 amide bonds. The van der Waals surface area contributed by atoms with Gasteiger partial charge in [0.1, 0.15) is 18.3 Å². The highest BCUT2D eigenvalue weighted by molar-refractivity contribution is 7.92. The minimum absolute atomic E-state index is 0.160. The van der Waals surface area contributed by atoms with E-state index in [4.69, 9.17) is 16.3 Å². The fourth-order valence-electron chi connectivity index (χ4n) is 3.52. The fourth-order valence-corrected chi connectivity index (χ4v) is 4.61. The minimum atomic E-state index is -3.83. The summed E-state index contributed by atoms with van der Waals surface area (Å²) in [4.78, 5) is 27.4. The van der Waals surface area contributed by atoms with Crippen LogP contribution >= 0.6 is 11.6 Å². The van der Waals surface area contributed by atoms with Gasteiger partial charge in [0.15, 0.2) is 0 Å². The van der Waals surface area contributed by atoms with Crippen molar-refractivity contribution in [2.45, 2.75) is 32.9 Å². The Morgan fingerprint density at radius 3 is 2.39 bits per heavy atom. The summed E-state index contributed by atoms with van der Waals surface area (Å²) >= 11 is 6.18. The van der Waals surface area contributed by atoms with Crippen LogP contribution < -0.4 is 14.4 Å². The van der Waals surface area contributed by atoms with Crippen LogP contribution in [-0.4, -0.2) is 58.1 Å². The first kappa shape index (κ1) is 26.5. The number of aryl methyl sites for hydroxylation is 1. The lowest BCUT2D eigenvalue weighted by Gasteiger charge is -2.32. The van der Waals surface area contributed by atoms with Crippen molar-refractivity contribution in [2.24, 2.45) is 0 Å². The second kappa shape index (κ2) is 11.4. The lowest BCUT2D eigenvalue weighted by Crippen LogP contribution is -2.51. The van der Waals surface area contributed by atoms with Crippen molar-refractivity contribution in [1.29, 1.82) is 0 Å². The number of hydrogen-bond acceptors (Lipinski definition) is 5. The summed E-state index contributed by atoms with van der Waals surface area (Å²) in [6, 6.07) is 11.3. The van der Waals surface area contributed by atoms with Gasteiger partial charge in [-0.1, -0.05) is 48.4 Å². The highest BCUT2D eigenvalue weighted by Gasteiger charge is 2.31. The highest BCUT2D eigenvalue weighted by Crippen LogP contribution is 2.30. The molecule has 1 atom stereocenters. The number of benzene rings is 2. The van der Waals surface area contributed by atoms with Gasteiger partial charge in [-0.2, -0.15) is 0 Å². The SMILES string of the molecule is CC[C@H](C(=O)NC)N(Cc1cccc(C)c1)C(=O)CN(c1ccc(OC)c(Cl)c1)S(C)(=O)=O. The van der Waals surface area contributed by atoms with Crippen LogP contribution in [0.25, 0.3) is 0 Å². The largest absolute Gasteiger partial charge is 0.495 e. The van der Waals surface area contributed by atoms with E-state index in [9.17, 15) is 18.0 Å². The van der Waals surface area contributed by atoms with Crippen molar-refractivity contribution >= 4 is 39.1 Å². The summed E-state index contributed by atoms with van der Waals surface area (Å²) in [7, 11) is -0.882. The van der Waals surface area contributed by atoms with E-state index in [2.05, 4.69) is 5.32 Å². The Kier molecular flexibility index (Phi) is 9.13. The van der Waals surface area contributed by atoms with Crippen molar-refractivity contribution in [3.63, 3.8) is 0 Å². The Morgan fingerprint density at radius 2 is 1.88 bits per heavy atom. The number of likely N-dealkylation sites (N-methyl/N-ethyl adjacent to an activating group) is 1. The second-order valence-corrected chi connectivity index (χ2v) is 9.95. The summed E-state index contributed by atoms with van der Waals surface area (Å²) in [5.41, 5.74) is 2.07. The Morgan fingerprint density at radius 1 is 1.18 bits per heavy atom. The van der Waals surface area contributed by atoms with E-state index in [1.807, 2.05) is 31.2 Å². The molecule has 33 heavy (non-hydrogen) atoms. The summed E-state index contributed by atoms with van der Waals surface area (Å²) < 4.78 is 31.3. The predicted octanol–water partition coefficient (Wildman–Crippen LogP) is 2.98. The first-order valence-electron chi connectivity index (χ1n) is 10.4. The van der Waals surface area contributed by atoms with Gasteiger partial charge in [0, 0.05) is 13.6 Å². The third kappa shape index (κ3) is 6.85. The van der Waals surface area contributed by atoms with Crippen molar-refractivity contribution in [2.75, 3.05) is 31.3 Å². The normalized spacial score (nSPS) is 12.1. The monoisotopic (exact) mass is 495 g/mol. The predicted molar refractivity (Wildman–Crippen MR) is 130 cm³/mol.